The maximum atomic E-state index is 13.4. The fourth-order valence-electron chi connectivity index (χ4n) is 4.32. The van der Waals surface area contributed by atoms with Gasteiger partial charge in [-0.15, -0.1) is 0 Å². The van der Waals surface area contributed by atoms with E-state index in [1.165, 1.54) is 20.3 Å². The van der Waals surface area contributed by atoms with Gasteiger partial charge in [0, 0.05) is 16.7 Å². The number of hydrogen-bond acceptors (Lipinski definition) is 6. The first kappa shape index (κ1) is 30.6. The molecule has 1 aliphatic rings. The van der Waals surface area contributed by atoms with Crippen molar-refractivity contribution in [2.24, 2.45) is 0 Å². The molecular formula is C32H32N2O5STe. The molecule has 1 aliphatic carbocycles. The van der Waals surface area contributed by atoms with Crippen molar-refractivity contribution >= 4 is 65.4 Å². The molecule has 4 rings (SSSR count). The summed E-state index contributed by atoms with van der Waals surface area (Å²) in [5, 5.41) is 2.95. The Balaban J connectivity index is 1.35. The number of amides is 2. The second kappa shape index (κ2) is 15.0. The van der Waals surface area contributed by atoms with E-state index in [1.807, 2.05) is 6.07 Å². The first-order valence-electron chi connectivity index (χ1n) is 13.3. The van der Waals surface area contributed by atoms with E-state index in [2.05, 4.69) is 29.6 Å². The van der Waals surface area contributed by atoms with Crippen LogP contribution in [0.5, 0.6) is 5.75 Å². The number of rotatable bonds is 13. The van der Waals surface area contributed by atoms with Gasteiger partial charge in [-0.1, -0.05) is 24.3 Å². The molecule has 2 amide bonds. The third-order valence-electron chi connectivity index (χ3n) is 6.51. The predicted octanol–water partition coefficient (Wildman–Crippen LogP) is 4.46. The number of ketones is 2. The molecule has 0 bridgehead atoms. The normalized spacial score (nSPS) is 12.6. The quantitative estimate of drug-likeness (QED) is 0.211. The number of hydrogen-bond donors (Lipinski definition) is 1. The number of fused-ring (bicyclic) bond motifs is 1. The molecule has 0 spiro atoms. The summed E-state index contributed by atoms with van der Waals surface area (Å²) >= 11 is 0.929. The first-order chi connectivity index (χ1) is 19.9. The van der Waals surface area contributed by atoms with Crippen LogP contribution in [0, 0.1) is 0 Å². The third kappa shape index (κ3) is 8.10. The van der Waals surface area contributed by atoms with Gasteiger partial charge in [-0.2, -0.15) is 0 Å². The Morgan fingerprint density at radius 1 is 0.902 bits per heavy atom. The molecule has 0 unspecified atom stereocenters. The van der Waals surface area contributed by atoms with E-state index in [0.29, 0.717) is 45.3 Å². The first-order valence-corrected chi connectivity index (χ1v) is 17.1. The van der Waals surface area contributed by atoms with Crippen LogP contribution in [0.25, 0.3) is 0 Å². The monoisotopic (exact) mass is 686 g/mol. The Labute approximate surface area is 254 Å². The van der Waals surface area contributed by atoms with Crippen molar-refractivity contribution in [2.45, 2.75) is 24.2 Å². The summed E-state index contributed by atoms with van der Waals surface area (Å²) in [4.78, 5) is 53.9. The molecule has 0 radical (unpaired) electrons. The zero-order valence-electron chi connectivity index (χ0n) is 23.1. The molecule has 0 heterocycles. The molecular weight excluding hydrogens is 652 g/mol. The molecule has 41 heavy (non-hydrogen) atoms. The van der Waals surface area contributed by atoms with E-state index in [0.717, 1.165) is 10.9 Å². The molecule has 0 saturated heterocycles. The summed E-state index contributed by atoms with van der Waals surface area (Å²) in [7, 11) is 1.56. The molecule has 9 heteroatoms. The molecule has 0 atom stereocenters. The van der Waals surface area contributed by atoms with Gasteiger partial charge in [0.1, 0.15) is 0 Å². The number of ether oxygens (including phenoxy) is 1. The van der Waals surface area contributed by atoms with Gasteiger partial charge in [-0.25, -0.2) is 0 Å². The van der Waals surface area contributed by atoms with Gasteiger partial charge in [0.05, 0.1) is 7.11 Å². The molecule has 1 N–H and O–H groups in total. The summed E-state index contributed by atoms with van der Waals surface area (Å²) < 4.78 is 7.71. The van der Waals surface area contributed by atoms with Gasteiger partial charge in [-0.3, -0.25) is 9.59 Å². The van der Waals surface area contributed by atoms with Crippen molar-refractivity contribution in [3.63, 3.8) is 0 Å². The molecule has 0 aliphatic heterocycles. The van der Waals surface area contributed by atoms with E-state index in [1.54, 1.807) is 62.6 Å². The van der Waals surface area contributed by atoms with Gasteiger partial charge >= 0.3 is 180 Å². The summed E-state index contributed by atoms with van der Waals surface area (Å²) in [6.45, 7) is 2.09. The minimum atomic E-state index is -0.280. The number of nitrogens with one attached hydrogen (secondary N) is 1. The number of carbonyl (C=O) groups is 4. The van der Waals surface area contributed by atoms with E-state index < -0.39 is 0 Å². The predicted molar refractivity (Wildman–Crippen MR) is 164 cm³/mol. The SMILES string of the molecule is COc1ccc(N(CC(=O)NCCC[Te]c2ccccc2)C(=O)CCSC2=C(C)C(=O)c3ccccc3C2=O)cc1. The van der Waals surface area contributed by atoms with Crippen LogP contribution in [0.1, 0.15) is 40.5 Å². The Bertz CT molecular complexity index is 1440. The average Bonchev–Trinajstić information content (AvgIpc) is 3.00. The Morgan fingerprint density at radius 2 is 1.56 bits per heavy atom. The second-order valence-corrected chi connectivity index (χ2v) is 13.7. The number of allylic oxidation sites excluding steroid dienone is 2. The number of thioether (sulfide) groups is 1. The van der Waals surface area contributed by atoms with Crippen LogP contribution < -0.4 is 18.6 Å². The van der Waals surface area contributed by atoms with E-state index in [4.69, 9.17) is 4.74 Å². The molecule has 0 fully saturated rings. The molecule has 3 aromatic rings. The number of anilines is 1. The maximum absolute atomic E-state index is 13.4. The molecule has 212 valence electrons. The van der Waals surface area contributed by atoms with Crippen LogP contribution in [0.4, 0.5) is 5.69 Å². The van der Waals surface area contributed by atoms with Crippen LogP contribution in [0.15, 0.2) is 89.3 Å². The second-order valence-electron chi connectivity index (χ2n) is 9.30. The van der Waals surface area contributed by atoms with Crippen molar-refractivity contribution in [1.29, 1.82) is 0 Å². The van der Waals surface area contributed by atoms with Gasteiger partial charge in [-0.05, 0) is 6.92 Å². The summed E-state index contributed by atoms with van der Waals surface area (Å²) in [5.41, 5.74) is 1.78. The van der Waals surface area contributed by atoms with E-state index in [-0.39, 0.29) is 57.3 Å². The molecule has 7 nitrogen and oxygen atoms in total. The standard InChI is InChI=1S/C32H32N2O5STe/c1-22-30(37)26-11-6-7-12-27(26)31(38)32(22)40-19-17-29(36)34(23-13-15-24(39-2)16-14-23)21-28(35)33-18-8-20-41-25-9-4-3-5-10-25/h3-7,9-16H,8,17-21H2,1-2H3,(H,33,35). The van der Waals surface area contributed by atoms with Crippen molar-refractivity contribution in [3.8, 4) is 5.75 Å². The van der Waals surface area contributed by atoms with Crippen LogP contribution >= 0.6 is 11.8 Å². The van der Waals surface area contributed by atoms with Gasteiger partial charge in [0.15, 0.2) is 11.6 Å². The van der Waals surface area contributed by atoms with Crippen molar-refractivity contribution in [2.75, 3.05) is 30.9 Å². The van der Waals surface area contributed by atoms with Crippen LogP contribution in [0.2, 0.25) is 4.47 Å². The molecule has 3 aromatic carbocycles. The summed E-state index contributed by atoms with van der Waals surface area (Å²) in [5.74, 6) is 0.0951. The van der Waals surface area contributed by atoms with Gasteiger partial charge in [0.25, 0.3) is 0 Å². The van der Waals surface area contributed by atoms with Crippen LogP contribution in [-0.4, -0.2) is 70.3 Å². The topological polar surface area (TPSA) is 92.8 Å². The molecule has 0 aromatic heterocycles. The average molecular weight is 684 g/mol. The third-order valence-corrected chi connectivity index (χ3v) is 10.8. The fourth-order valence-corrected chi connectivity index (χ4v) is 7.84. The summed E-state index contributed by atoms with van der Waals surface area (Å²) in [6, 6.07) is 24.2. The number of Topliss-reactive ketones (excluding diaryl/α,β-unsaturated/α-hetero) is 2. The zero-order valence-corrected chi connectivity index (χ0v) is 26.2. The van der Waals surface area contributed by atoms with E-state index >= 15 is 0 Å². The zero-order chi connectivity index (χ0) is 29.2. The van der Waals surface area contributed by atoms with Gasteiger partial charge < -0.3 is 0 Å². The number of carbonyl (C=O) groups excluding carboxylic acids is 4. The summed E-state index contributed by atoms with van der Waals surface area (Å²) in [6.07, 6.45) is 0.979. The Morgan fingerprint density at radius 3 is 2.24 bits per heavy atom. The minimum absolute atomic E-state index is 0.0895. The Kier molecular flexibility index (Phi) is 11.2. The number of benzene rings is 3. The number of nitrogens with zero attached hydrogens (tertiary/aromatic N) is 1. The fraction of sp³-hybridized carbons (Fsp3) is 0.250. The van der Waals surface area contributed by atoms with Crippen LogP contribution in [0.3, 0.4) is 0 Å². The van der Waals surface area contributed by atoms with Crippen molar-refractivity contribution in [1.82, 2.24) is 5.32 Å². The Hall–Kier alpha value is -3.38. The van der Waals surface area contributed by atoms with E-state index in [9.17, 15) is 19.2 Å². The molecule has 0 saturated carbocycles. The number of methoxy groups -OCH3 is 1. The van der Waals surface area contributed by atoms with Gasteiger partial charge in [0.2, 0.25) is 0 Å². The van der Waals surface area contributed by atoms with Crippen molar-refractivity contribution < 1.29 is 23.9 Å². The van der Waals surface area contributed by atoms with Crippen LogP contribution in [-0.2, 0) is 9.59 Å². The van der Waals surface area contributed by atoms with Crippen molar-refractivity contribution in [3.05, 3.63) is 100 Å².